The number of nitrogens with zero attached hydrogens (tertiary/aromatic N) is 1. The molecule has 0 aromatic heterocycles. The molecule has 3 saturated carbocycles. The molecule has 0 aromatic carbocycles. The molecule has 0 amide bonds. The first-order chi connectivity index (χ1) is 9.35. The van der Waals surface area contributed by atoms with E-state index in [1.807, 2.05) is 0 Å². The molecule has 19 heavy (non-hydrogen) atoms. The fraction of sp³-hybridized carbons (Fsp3) is 0.933. The number of guanidine groups is 1. The quantitative estimate of drug-likeness (QED) is 0.317. The summed E-state index contributed by atoms with van der Waals surface area (Å²) in [6, 6.07) is 0.573. The van der Waals surface area contributed by atoms with Gasteiger partial charge in [-0.25, -0.2) is 5.84 Å². The largest absolute Gasteiger partial charge is 0.353 e. The third-order valence-electron chi connectivity index (χ3n) is 5.45. The monoisotopic (exact) mass is 264 g/mol. The van der Waals surface area contributed by atoms with E-state index in [1.54, 1.807) is 0 Å². The minimum Gasteiger partial charge on any atom is -0.353 e. The average Bonchev–Trinajstić information content (AvgIpc) is 3.07. The minimum absolute atomic E-state index is 0.573. The predicted molar refractivity (Wildman–Crippen MR) is 78.6 cm³/mol. The number of hydrazine groups is 1. The molecule has 3 aliphatic rings. The molecular formula is C15H28N4. The highest BCUT2D eigenvalue weighted by molar-refractivity contribution is 5.79. The van der Waals surface area contributed by atoms with Gasteiger partial charge in [-0.1, -0.05) is 25.7 Å². The molecule has 0 aromatic rings. The molecule has 108 valence electrons. The van der Waals surface area contributed by atoms with Crippen molar-refractivity contribution in [2.45, 2.75) is 63.8 Å². The summed E-state index contributed by atoms with van der Waals surface area (Å²) in [7, 11) is 0. The molecular weight excluding hydrogens is 236 g/mol. The maximum Gasteiger partial charge on any atom is 0.205 e. The van der Waals surface area contributed by atoms with E-state index in [2.05, 4.69) is 10.7 Å². The van der Waals surface area contributed by atoms with E-state index < -0.39 is 0 Å². The summed E-state index contributed by atoms with van der Waals surface area (Å²) in [5.41, 5.74) is 2.76. The first-order valence-electron chi connectivity index (χ1n) is 8.12. The van der Waals surface area contributed by atoms with Gasteiger partial charge in [0.15, 0.2) is 0 Å². The Labute approximate surface area is 116 Å². The summed E-state index contributed by atoms with van der Waals surface area (Å²) in [6.45, 7) is 0.959. The third kappa shape index (κ3) is 3.22. The van der Waals surface area contributed by atoms with Crippen molar-refractivity contribution in [1.29, 1.82) is 0 Å². The van der Waals surface area contributed by atoms with Gasteiger partial charge in [-0.3, -0.25) is 10.4 Å². The van der Waals surface area contributed by atoms with Gasteiger partial charge in [0.2, 0.25) is 5.96 Å². The number of hydrogen-bond donors (Lipinski definition) is 3. The highest BCUT2D eigenvalue weighted by Crippen LogP contribution is 2.48. The van der Waals surface area contributed by atoms with Gasteiger partial charge in [0.1, 0.15) is 0 Å². The van der Waals surface area contributed by atoms with Crippen molar-refractivity contribution in [2.75, 3.05) is 6.54 Å². The SMILES string of the molecule is NNC(=NCC1CC2CCC1C2)NC1CCCCC1. The second-order valence-corrected chi connectivity index (χ2v) is 6.75. The zero-order chi connectivity index (χ0) is 13.1. The third-order valence-corrected chi connectivity index (χ3v) is 5.45. The Hall–Kier alpha value is -0.770. The Morgan fingerprint density at radius 3 is 2.53 bits per heavy atom. The van der Waals surface area contributed by atoms with Crippen molar-refractivity contribution in [3.8, 4) is 0 Å². The van der Waals surface area contributed by atoms with Gasteiger partial charge in [-0.05, 0) is 49.9 Å². The molecule has 3 atom stereocenters. The smallest absolute Gasteiger partial charge is 0.205 e. The number of aliphatic imine (C=N–C) groups is 1. The van der Waals surface area contributed by atoms with Crippen LogP contribution in [0.5, 0.6) is 0 Å². The molecule has 0 saturated heterocycles. The van der Waals surface area contributed by atoms with Gasteiger partial charge in [0, 0.05) is 12.6 Å². The van der Waals surface area contributed by atoms with Gasteiger partial charge in [-0.2, -0.15) is 0 Å². The lowest BCUT2D eigenvalue weighted by molar-refractivity contribution is 0.341. The van der Waals surface area contributed by atoms with Crippen LogP contribution in [0.4, 0.5) is 0 Å². The molecule has 3 aliphatic carbocycles. The second kappa shape index (κ2) is 6.12. The Morgan fingerprint density at radius 1 is 1.05 bits per heavy atom. The second-order valence-electron chi connectivity index (χ2n) is 6.75. The average molecular weight is 264 g/mol. The van der Waals surface area contributed by atoms with Crippen LogP contribution < -0.4 is 16.6 Å². The van der Waals surface area contributed by atoms with Crippen molar-refractivity contribution in [2.24, 2.45) is 28.6 Å². The first-order valence-corrected chi connectivity index (χ1v) is 8.12. The molecule has 3 fully saturated rings. The Balaban J connectivity index is 1.48. The lowest BCUT2D eigenvalue weighted by Crippen LogP contribution is -2.47. The lowest BCUT2D eigenvalue weighted by Gasteiger charge is -2.25. The fourth-order valence-electron chi connectivity index (χ4n) is 4.38. The summed E-state index contributed by atoms with van der Waals surface area (Å²) < 4.78 is 0. The van der Waals surface area contributed by atoms with Crippen molar-refractivity contribution in [1.82, 2.24) is 10.7 Å². The molecule has 3 rings (SSSR count). The van der Waals surface area contributed by atoms with E-state index in [9.17, 15) is 0 Å². The fourth-order valence-corrected chi connectivity index (χ4v) is 4.38. The molecule has 2 bridgehead atoms. The van der Waals surface area contributed by atoms with Crippen molar-refractivity contribution in [3.05, 3.63) is 0 Å². The van der Waals surface area contributed by atoms with Crippen LogP contribution >= 0.6 is 0 Å². The Bertz CT molecular complexity index is 322. The highest BCUT2D eigenvalue weighted by atomic mass is 15.3. The predicted octanol–water partition coefficient (Wildman–Crippen LogP) is 2.16. The van der Waals surface area contributed by atoms with Crippen LogP contribution in [0.1, 0.15) is 57.8 Å². The molecule has 4 heteroatoms. The summed E-state index contributed by atoms with van der Waals surface area (Å²) in [5.74, 6) is 9.19. The summed E-state index contributed by atoms with van der Waals surface area (Å²) in [4.78, 5) is 4.71. The summed E-state index contributed by atoms with van der Waals surface area (Å²) in [5, 5.41) is 3.49. The van der Waals surface area contributed by atoms with Gasteiger partial charge >= 0.3 is 0 Å². The zero-order valence-corrected chi connectivity index (χ0v) is 11.9. The van der Waals surface area contributed by atoms with E-state index >= 15 is 0 Å². The number of rotatable bonds is 3. The Morgan fingerprint density at radius 2 is 1.89 bits per heavy atom. The summed E-state index contributed by atoms with van der Waals surface area (Å²) in [6.07, 6.45) is 12.3. The normalized spacial score (nSPS) is 35.6. The summed E-state index contributed by atoms with van der Waals surface area (Å²) >= 11 is 0. The van der Waals surface area contributed by atoms with Crippen LogP contribution in [0.25, 0.3) is 0 Å². The topological polar surface area (TPSA) is 62.4 Å². The van der Waals surface area contributed by atoms with Crippen molar-refractivity contribution < 1.29 is 0 Å². The standard InChI is InChI=1S/C15H28N4/c16-19-15(18-14-4-2-1-3-5-14)17-10-13-9-11-6-7-12(13)8-11/h11-14H,1-10,16H2,(H2,17,18,19). The van der Waals surface area contributed by atoms with Crippen molar-refractivity contribution in [3.63, 3.8) is 0 Å². The Kier molecular flexibility index (Phi) is 4.26. The van der Waals surface area contributed by atoms with E-state index in [0.717, 1.165) is 30.3 Å². The van der Waals surface area contributed by atoms with Crippen LogP contribution in [0.2, 0.25) is 0 Å². The molecule has 4 N–H and O–H groups in total. The van der Waals surface area contributed by atoms with E-state index in [1.165, 1.54) is 57.8 Å². The minimum atomic E-state index is 0.573. The van der Waals surface area contributed by atoms with E-state index in [-0.39, 0.29) is 0 Å². The van der Waals surface area contributed by atoms with E-state index in [0.29, 0.717) is 6.04 Å². The highest BCUT2D eigenvalue weighted by Gasteiger charge is 2.39. The van der Waals surface area contributed by atoms with Crippen LogP contribution in [0.15, 0.2) is 4.99 Å². The van der Waals surface area contributed by atoms with Crippen LogP contribution in [0.3, 0.4) is 0 Å². The number of nitrogens with one attached hydrogen (secondary N) is 2. The van der Waals surface area contributed by atoms with Crippen molar-refractivity contribution >= 4 is 5.96 Å². The van der Waals surface area contributed by atoms with Gasteiger partial charge in [-0.15, -0.1) is 0 Å². The lowest BCUT2D eigenvalue weighted by atomic mass is 9.89. The van der Waals surface area contributed by atoms with Crippen LogP contribution in [-0.4, -0.2) is 18.5 Å². The maximum atomic E-state index is 5.61. The molecule has 0 aliphatic heterocycles. The number of hydrogen-bond acceptors (Lipinski definition) is 2. The van der Waals surface area contributed by atoms with E-state index in [4.69, 9.17) is 10.8 Å². The number of nitrogens with two attached hydrogens (primary N) is 1. The van der Waals surface area contributed by atoms with Gasteiger partial charge in [0.25, 0.3) is 0 Å². The molecule has 4 nitrogen and oxygen atoms in total. The molecule has 0 heterocycles. The van der Waals surface area contributed by atoms with Crippen LogP contribution in [-0.2, 0) is 0 Å². The molecule has 0 spiro atoms. The van der Waals surface area contributed by atoms with Crippen LogP contribution in [0, 0.1) is 17.8 Å². The first kappa shape index (κ1) is 13.2. The molecule has 3 unspecified atom stereocenters. The van der Waals surface area contributed by atoms with Gasteiger partial charge < -0.3 is 5.32 Å². The molecule has 0 radical (unpaired) electrons. The maximum absolute atomic E-state index is 5.61. The van der Waals surface area contributed by atoms with Gasteiger partial charge in [0.05, 0.1) is 0 Å². The zero-order valence-electron chi connectivity index (χ0n) is 11.9. The number of fused-ring (bicyclic) bond motifs is 2.